The van der Waals surface area contributed by atoms with Crippen LogP contribution in [0.3, 0.4) is 0 Å². The summed E-state index contributed by atoms with van der Waals surface area (Å²) in [6.45, 7) is -2.39. The Kier molecular flexibility index (Phi) is 5.20. The molecule has 5 nitrogen and oxygen atoms in total. The van der Waals surface area contributed by atoms with Crippen LogP contribution >= 0.6 is 0 Å². The molecule has 1 N–H and O–H groups in total. The lowest BCUT2D eigenvalue weighted by Gasteiger charge is -2.09. The topological polar surface area (TPSA) is 68.3 Å². The number of halogens is 4. The van der Waals surface area contributed by atoms with Crippen molar-refractivity contribution in [3.63, 3.8) is 0 Å². The molecule has 19 heavy (non-hydrogen) atoms. The van der Waals surface area contributed by atoms with Crippen molar-refractivity contribution in [2.24, 2.45) is 0 Å². The van der Waals surface area contributed by atoms with Gasteiger partial charge in [-0.15, -0.1) is 0 Å². The summed E-state index contributed by atoms with van der Waals surface area (Å²) in [5.41, 5.74) is 0. The van der Waals surface area contributed by atoms with E-state index in [4.69, 9.17) is 0 Å². The van der Waals surface area contributed by atoms with Crippen molar-refractivity contribution < 1.29 is 30.7 Å². The molecule has 0 bridgehead atoms. The van der Waals surface area contributed by atoms with Gasteiger partial charge in [-0.3, -0.25) is 0 Å². The Morgan fingerprint density at radius 3 is 2.63 bits per heavy atom. The monoisotopic (exact) mass is 302 g/mol. The second-order valence-electron chi connectivity index (χ2n) is 3.36. The van der Waals surface area contributed by atoms with Crippen molar-refractivity contribution in [3.05, 3.63) is 24.1 Å². The molecule has 1 rings (SSSR count). The summed E-state index contributed by atoms with van der Waals surface area (Å²) in [7, 11) is -4.20. The van der Waals surface area contributed by atoms with Gasteiger partial charge in [0.1, 0.15) is 6.61 Å². The van der Waals surface area contributed by atoms with Crippen molar-refractivity contribution in [1.29, 1.82) is 0 Å². The van der Waals surface area contributed by atoms with Gasteiger partial charge in [-0.05, 0) is 12.1 Å². The molecule has 108 valence electrons. The normalized spacial score (nSPS) is 12.6. The standard InChI is InChI=1S/C9H10F4N2O3S/c10-7-2-1-3-14-8(7)19(16,17)15-4-5-18-6-9(11,12)13/h1-3,15H,4-6H2. The van der Waals surface area contributed by atoms with Crippen LogP contribution in [-0.4, -0.2) is 39.3 Å². The molecule has 0 atom stereocenters. The first-order valence-electron chi connectivity index (χ1n) is 4.97. The number of aromatic nitrogens is 1. The lowest BCUT2D eigenvalue weighted by Crippen LogP contribution is -2.30. The molecule has 0 saturated carbocycles. The summed E-state index contributed by atoms with van der Waals surface area (Å²) in [4.78, 5) is 3.34. The van der Waals surface area contributed by atoms with Crippen LogP contribution < -0.4 is 4.72 Å². The number of nitrogens with one attached hydrogen (secondary N) is 1. The molecule has 0 spiro atoms. The Morgan fingerprint density at radius 1 is 1.37 bits per heavy atom. The maximum absolute atomic E-state index is 13.2. The van der Waals surface area contributed by atoms with E-state index in [-0.39, 0.29) is 0 Å². The van der Waals surface area contributed by atoms with Crippen LogP contribution in [0.1, 0.15) is 0 Å². The first kappa shape index (κ1) is 15.8. The van der Waals surface area contributed by atoms with E-state index in [2.05, 4.69) is 9.72 Å². The summed E-state index contributed by atoms with van der Waals surface area (Å²) >= 11 is 0. The highest BCUT2D eigenvalue weighted by molar-refractivity contribution is 7.89. The predicted molar refractivity (Wildman–Crippen MR) is 56.3 cm³/mol. The van der Waals surface area contributed by atoms with E-state index in [0.717, 1.165) is 12.3 Å². The molecule has 0 amide bonds. The van der Waals surface area contributed by atoms with Crippen LogP contribution in [-0.2, 0) is 14.8 Å². The third-order valence-electron chi connectivity index (χ3n) is 1.78. The second kappa shape index (κ2) is 6.26. The zero-order chi connectivity index (χ0) is 14.5. The van der Waals surface area contributed by atoms with Crippen LogP contribution in [0.25, 0.3) is 0 Å². The van der Waals surface area contributed by atoms with Gasteiger partial charge in [-0.25, -0.2) is 22.5 Å². The molecular formula is C9H10F4N2O3S. The average molecular weight is 302 g/mol. The fourth-order valence-corrected chi connectivity index (χ4v) is 2.09. The lowest BCUT2D eigenvalue weighted by atomic mass is 10.5. The number of ether oxygens (including phenoxy) is 1. The number of hydrogen-bond acceptors (Lipinski definition) is 4. The van der Waals surface area contributed by atoms with Gasteiger partial charge in [0.2, 0.25) is 5.03 Å². The van der Waals surface area contributed by atoms with Crippen LogP contribution in [0.2, 0.25) is 0 Å². The Bertz CT molecular complexity index is 518. The third-order valence-corrected chi connectivity index (χ3v) is 3.18. The molecule has 0 saturated heterocycles. The zero-order valence-electron chi connectivity index (χ0n) is 9.45. The van der Waals surface area contributed by atoms with E-state index in [9.17, 15) is 26.0 Å². The van der Waals surface area contributed by atoms with E-state index in [1.54, 1.807) is 0 Å². The van der Waals surface area contributed by atoms with Crippen LogP contribution in [0.15, 0.2) is 23.4 Å². The van der Waals surface area contributed by atoms with Gasteiger partial charge in [-0.2, -0.15) is 13.2 Å². The molecule has 1 aromatic rings. The molecule has 1 aromatic heterocycles. The Balaban J connectivity index is 2.47. The van der Waals surface area contributed by atoms with Crippen LogP contribution in [0.5, 0.6) is 0 Å². The van der Waals surface area contributed by atoms with Crippen molar-refractivity contribution in [3.8, 4) is 0 Å². The second-order valence-corrected chi connectivity index (χ2v) is 5.04. The maximum atomic E-state index is 13.2. The summed E-state index contributed by atoms with van der Waals surface area (Å²) in [5, 5.41) is -0.814. The highest BCUT2D eigenvalue weighted by Gasteiger charge is 2.27. The third kappa shape index (κ3) is 5.49. The van der Waals surface area contributed by atoms with Gasteiger partial charge in [0, 0.05) is 12.7 Å². The Morgan fingerprint density at radius 2 is 2.05 bits per heavy atom. The van der Waals surface area contributed by atoms with Crippen molar-refractivity contribution in [2.75, 3.05) is 19.8 Å². The highest BCUT2D eigenvalue weighted by Crippen LogP contribution is 2.14. The molecule has 0 aliphatic carbocycles. The van der Waals surface area contributed by atoms with E-state index >= 15 is 0 Å². The minimum Gasteiger partial charge on any atom is -0.371 e. The first-order chi connectivity index (χ1) is 8.72. The molecule has 10 heteroatoms. The maximum Gasteiger partial charge on any atom is 0.411 e. The number of rotatable bonds is 6. The average Bonchev–Trinajstić information content (AvgIpc) is 2.27. The van der Waals surface area contributed by atoms with Crippen molar-refractivity contribution >= 4 is 10.0 Å². The van der Waals surface area contributed by atoms with Gasteiger partial charge in [0.05, 0.1) is 6.61 Å². The minimum absolute atomic E-state index is 0.422. The van der Waals surface area contributed by atoms with Gasteiger partial charge in [-0.1, -0.05) is 0 Å². The van der Waals surface area contributed by atoms with Crippen LogP contribution in [0.4, 0.5) is 17.6 Å². The summed E-state index contributed by atoms with van der Waals surface area (Å²) in [5.74, 6) is -1.05. The molecule has 0 aliphatic heterocycles. The highest BCUT2D eigenvalue weighted by atomic mass is 32.2. The van der Waals surface area contributed by atoms with E-state index < -0.39 is 46.8 Å². The molecular weight excluding hydrogens is 292 g/mol. The minimum atomic E-state index is -4.48. The molecule has 1 heterocycles. The molecule has 0 aliphatic rings. The summed E-state index contributed by atoms with van der Waals surface area (Å²) in [6, 6.07) is 2.11. The number of nitrogens with zero attached hydrogens (tertiary/aromatic N) is 1. The molecule has 0 radical (unpaired) electrons. The quantitative estimate of drug-likeness (QED) is 0.630. The predicted octanol–water partition coefficient (Wildman–Crippen LogP) is 1.08. The summed E-state index contributed by atoms with van der Waals surface area (Å²) < 4.78 is 77.4. The van der Waals surface area contributed by atoms with Crippen molar-refractivity contribution in [2.45, 2.75) is 11.2 Å². The smallest absolute Gasteiger partial charge is 0.371 e. The number of hydrogen-bond donors (Lipinski definition) is 1. The molecule has 0 aromatic carbocycles. The number of pyridine rings is 1. The zero-order valence-corrected chi connectivity index (χ0v) is 10.3. The van der Waals surface area contributed by atoms with Gasteiger partial charge in [0.15, 0.2) is 5.82 Å². The van der Waals surface area contributed by atoms with E-state index in [0.29, 0.717) is 0 Å². The van der Waals surface area contributed by atoms with E-state index in [1.807, 2.05) is 4.72 Å². The van der Waals surface area contributed by atoms with Gasteiger partial charge < -0.3 is 4.74 Å². The first-order valence-corrected chi connectivity index (χ1v) is 6.45. The number of alkyl halides is 3. The van der Waals surface area contributed by atoms with Gasteiger partial charge in [0.25, 0.3) is 10.0 Å². The molecule has 0 fully saturated rings. The fourth-order valence-electron chi connectivity index (χ4n) is 1.07. The fraction of sp³-hybridized carbons (Fsp3) is 0.444. The summed E-state index contributed by atoms with van der Waals surface area (Å²) in [6.07, 6.45) is -3.40. The lowest BCUT2D eigenvalue weighted by molar-refractivity contribution is -0.173. The Labute approximate surface area is 106 Å². The SMILES string of the molecule is O=S(=O)(NCCOCC(F)(F)F)c1ncccc1F. The Hall–Kier alpha value is -1.26. The van der Waals surface area contributed by atoms with Gasteiger partial charge >= 0.3 is 6.18 Å². The number of sulfonamides is 1. The largest absolute Gasteiger partial charge is 0.411 e. The van der Waals surface area contributed by atoms with Crippen molar-refractivity contribution in [1.82, 2.24) is 9.71 Å². The van der Waals surface area contributed by atoms with Crippen LogP contribution in [0, 0.1) is 5.82 Å². The van der Waals surface area contributed by atoms with E-state index in [1.165, 1.54) is 6.07 Å². The molecule has 0 unspecified atom stereocenters.